The van der Waals surface area contributed by atoms with E-state index in [0.717, 1.165) is 16.5 Å². The van der Waals surface area contributed by atoms with E-state index in [1.54, 1.807) is 3.96 Å². The summed E-state index contributed by atoms with van der Waals surface area (Å²) in [5.41, 5.74) is 0.0592. The summed E-state index contributed by atoms with van der Waals surface area (Å²) in [6, 6.07) is 7.61. The lowest BCUT2D eigenvalue weighted by Gasteiger charge is -2.06. The topological polar surface area (TPSA) is 42.2 Å². The summed E-state index contributed by atoms with van der Waals surface area (Å²) in [5, 5.41) is 10.3. The summed E-state index contributed by atoms with van der Waals surface area (Å²) < 4.78 is 2.74. The largest absolute Gasteiger partial charge is 0.393 e. The van der Waals surface area contributed by atoms with Crippen molar-refractivity contribution in [3.63, 3.8) is 0 Å². The molecule has 0 spiro atoms. The Hall–Kier alpha value is -1.13. The lowest BCUT2D eigenvalue weighted by Crippen LogP contribution is -2.16. The van der Waals surface area contributed by atoms with Crippen molar-refractivity contribution in [2.75, 3.05) is 0 Å². The molecule has 1 unspecified atom stereocenters. The SMILES string of the molecule is CCC(O)CCn1sc2ccccc2c1=O. The first-order chi connectivity index (χ1) is 7.72. The van der Waals surface area contributed by atoms with Gasteiger partial charge in [0.05, 0.1) is 16.2 Å². The van der Waals surface area contributed by atoms with E-state index in [0.29, 0.717) is 13.0 Å². The zero-order valence-electron chi connectivity index (χ0n) is 9.22. The molecule has 4 heteroatoms. The van der Waals surface area contributed by atoms with E-state index >= 15 is 0 Å². The third-order valence-electron chi connectivity index (χ3n) is 2.69. The van der Waals surface area contributed by atoms with Gasteiger partial charge in [0.25, 0.3) is 5.56 Å². The number of nitrogens with zero attached hydrogens (tertiary/aromatic N) is 1. The van der Waals surface area contributed by atoms with Crippen molar-refractivity contribution in [1.82, 2.24) is 3.96 Å². The maximum atomic E-state index is 11.9. The monoisotopic (exact) mass is 237 g/mol. The quantitative estimate of drug-likeness (QED) is 0.886. The molecule has 1 atom stereocenters. The van der Waals surface area contributed by atoms with Gasteiger partial charge in [0.15, 0.2) is 0 Å². The molecule has 1 aromatic heterocycles. The van der Waals surface area contributed by atoms with Crippen LogP contribution < -0.4 is 5.56 Å². The molecule has 0 saturated carbocycles. The van der Waals surface area contributed by atoms with Gasteiger partial charge in [0, 0.05) is 6.54 Å². The molecule has 0 aliphatic rings. The van der Waals surface area contributed by atoms with E-state index in [9.17, 15) is 9.90 Å². The van der Waals surface area contributed by atoms with Gasteiger partial charge in [0.1, 0.15) is 0 Å². The van der Waals surface area contributed by atoms with Crippen LogP contribution in [-0.2, 0) is 6.54 Å². The Balaban J connectivity index is 2.25. The number of benzene rings is 1. The molecule has 0 amide bonds. The van der Waals surface area contributed by atoms with Crippen LogP contribution in [0.25, 0.3) is 10.1 Å². The average molecular weight is 237 g/mol. The van der Waals surface area contributed by atoms with Gasteiger partial charge in [-0.25, -0.2) is 0 Å². The molecule has 0 aliphatic carbocycles. The van der Waals surface area contributed by atoms with Crippen molar-refractivity contribution in [1.29, 1.82) is 0 Å². The van der Waals surface area contributed by atoms with Crippen molar-refractivity contribution in [2.24, 2.45) is 0 Å². The summed E-state index contributed by atoms with van der Waals surface area (Å²) in [5.74, 6) is 0. The fraction of sp³-hybridized carbons (Fsp3) is 0.417. The second-order valence-corrected chi connectivity index (χ2v) is 4.91. The number of fused-ring (bicyclic) bond motifs is 1. The normalized spacial score (nSPS) is 13.1. The second kappa shape index (κ2) is 4.80. The van der Waals surface area contributed by atoms with Crippen molar-refractivity contribution in [2.45, 2.75) is 32.4 Å². The number of aliphatic hydroxyl groups is 1. The Bertz CT molecular complexity index is 529. The molecule has 0 bridgehead atoms. The fourth-order valence-corrected chi connectivity index (χ4v) is 2.64. The average Bonchev–Trinajstić information content (AvgIpc) is 2.64. The molecular formula is C12H15NO2S. The first kappa shape index (κ1) is 11.4. The molecule has 3 nitrogen and oxygen atoms in total. The smallest absolute Gasteiger partial charge is 0.268 e. The second-order valence-electron chi connectivity index (χ2n) is 3.85. The zero-order valence-corrected chi connectivity index (χ0v) is 10.0. The van der Waals surface area contributed by atoms with Crippen LogP contribution in [0.5, 0.6) is 0 Å². The molecule has 1 aromatic carbocycles. The first-order valence-corrected chi connectivity index (χ1v) is 6.26. The van der Waals surface area contributed by atoms with Crippen molar-refractivity contribution in [3.8, 4) is 0 Å². The predicted molar refractivity (Wildman–Crippen MR) is 67.0 cm³/mol. The number of aryl methyl sites for hydroxylation is 1. The molecule has 16 heavy (non-hydrogen) atoms. The lowest BCUT2D eigenvalue weighted by atomic mass is 10.2. The number of hydrogen-bond acceptors (Lipinski definition) is 3. The minimum absolute atomic E-state index is 0.0592. The standard InChI is InChI=1S/C12H15NO2S/c1-2-9(14)7-8-13-12(15)10-5-3-4-6-11(10)16-13/h3-6,9,14H,2,7-8H2,1H3. The number of aliphatic hydroxyl groups excluding tert-OH is 1. The molecule has 2 rings (SSSR count). The molecule has 0 saturated heterocycles. The lowest BCUT2D eigenvalue weighted by molar-refractivity contribution is 0.155. The van der Waals surface area contributed by atoms with Crippen molar-refractivity contribution < 1.29 is 5.11 Å². The predicted octanol–water partition coefficient (Wildman–Crippen LogP) is 2.22. The number of aromatic nitrogens is 1. The fourth-order valence-electron chi connectivity index (χ4n) is 1.64. The molecule has 0 fully saturated rings. The van der Waals surface area contributed by atoms with E-state index in [1.807, 2.05) is 31.2 Å². The molecule has 1 N–H and O–H groups in total. The molecular weight excluding hydrogens is 222 g/mol. The summed E-state index contributed by atoms with van der Waals surface area (Å²) in [7, 11) is 0. The maximum absolute atomic E-state index is 11.9. The molecule has 0 radical (unpaired) electrons. The molecule has 86 valence electrons. The van der Waals surface area contributed by atoms with Gasteiger partial charge in [-0.15, -0.1) is 0 Å². The summed E-state index contributed by atoms with van der Waals surface area (Å²) >= 11 is 1.47. The van der Waals surface area contributed by atoms with Crippen LogP contribution in [0, 0.1) is 0 Å². The van der Waals surface area contributed by atoms with Gasteiger partial charge >= 0.3 is 0 Å². The molecule has 2 aromatic rings. The van der Waals surface area contributed by atoms with Crippen molar-refractivity contribution in [3.05, 3.63) is 34.6 Å². The maximum Gasteiger partial charge on any atom is 0.268 e. The summed E-state index contributed by atoms with van der Waals surface area (Å²) in [6.07, 6.45) is 1.07. The van der Waals surface area contributed by atoms with Gasteiger partial charge < -0.3 is 5.11 Å². The van der Waals surface area contributed by atoms with Gasteiger partial charge in [-0.2, -0.15) is 0 Å². The Morgan fingerprint density at radius 1 is 1.44 bits per heavy atom. The number of rotatable bonds is 4. The van der Waals surface area contributed by atoms with E-state index in [4.69, 9.17) is 0 Å². The van der Waals surface area contributed by atoms with Gasteiger partial charge in [-0.3, -0.25) is 8.75 Å². The molecule has 0 aliphatic heterocycles. The highest BCUT2D eigenvalue weighted by Crippen LogP contribution is 2.16. The van der Waals surface area contributed by atoms with Crippen LogP contribution in [0.2, 0.25) is 0 Å². The van der Waals surface area contributed by atoms with Crippen LogP contribution in [0.1, 0.15) is 19.8 Å². The zero-order chi connectivity index (χ0) is 11.5. The van der Waals surface area contributed by atoms with Crippen molar-refractivity contribution >= 4 is 21.6 Å². The Morgan fingerprint density at radius 3 is 2.88 bits per heavy atom. The third-order valence-corrected chi connectivity index (χ3v) is 3.81. The van der Waals surface area contributed by atoms with Gasteiger partial charge in [-0.1, -0.05) is 30.6 Å². The highest BCUT2D eigenvalue weighted by molar-refractivity contribution is 7.13. The van der Waals surface area contributed by atoms with E-state index in [-0.39, 0.29) is 11.7 Å². The Morgan fingerprint density at radius 2 is 2.19 bits per heavy atom. The third kappa shape index (κ3) is 2.18. The van der Waals surface area contributed by atoms with Gasteiger partial charge in [0.2, 0.25) is 0 Å². The van der Waals surface area contributed by atoms with E-state index in [1.165, 1.54) is 11.5 Å². The first-order valence-electron chi connectivity index (χ1n) is 5.49. The Labute approximate surface area is 98.1 Å². The van der Waals surface area contributed by atoms with Gasteiger partial charge in [-0.05, 0) is 25.0 Å². The highest BCUT2D eigenvalue weighted by atomic mass is 32.1. The van der Waals surface area contributed by atoms with E-state index < -0.39 is 0 Å². The highest BCUT2D eigenvalue weighted by Gasteiger charge is 2.08. The minimum Gasteiger partial charge on any atom is -0.393 e. The van der Waals surface area contributed by atoms with Crippen LogP contribution in [0.4, 0.5) is 0 Å². The summed E-state index contributed by atoms with van der Waals surface area (Å²) in [4.78, 5) is 11.9. The minimum atomic E-state index is -0.308. The van der Waals surface area contributed by atoms with Crippen LogP contribution >= 0.6 is 11.5 Å². The van der Waals surface area contributed by atoms with Crippen LogP contribution in [0.15, 0.2) is 29.1 Å². The number of hydrogen-bond donors (Lipinski definition) is 1. The van der Waals surface area contributed by atoms with Crippen LogP contribution in [-0.4, -0.2) is 15.2 Å². The van der Waals surface area contributed by atoms with Crippen LogP contribution in [0.3, 0.4) is 0 Å². The summed E-state index contributed by atoms with van der Waals surface area (Å²) in [6.45, 7) is 2.55. The Kier molecular flexibility index (Phi) is 3.41. The molecule has 1 heterocycles. The van der Waals surface area contributed by atoms with E-state index in [2.05, 4.69) is 0 Å².